The van der Waals surface area contributed by atoms with Gasteiger partial charge in [0.1, 0.15) is 0 Å². The zero-order chi connectivity index (χ0) is 15.2. The Balaban J connectivity index is 1.93. The number of aliphatic hydroxyl groups excluding tert-OH is 1. The Hall–Kier alpha value is -2.34. The van der Waals surface area contributed by atoms with Crippen LogP contribution in [0.1, 0.15) is 21.6 Å². The topological polar surface area (TPSA) is 79.2 Å². The van der Waals surface area contributed by atoms with Crippen LogP contribution in [0.25, 0.3) is 0 Å². The third kappa shape index (κ3) is 3.82. The molecule has 0 aliphatic carbocycles. The highest BCUT2D eigenvalue weighted by molar-refractivity contribution is 5.94. The zero-order valence-corrected chi connectivity index (χ0v) is 12.3. The summed E-state index contributed by atoms with van der Waals surface area (Å²) >= 11 is 0. The molecule has 2 rings (SSSR count). The van der Waals surface area contributed by atoms with E-state index in [1.165, 1.54) is 0 Å². The molecule has 21 heavy (non-hydrogen) atoms. The third-order valence-electron chi connectivity index (χ3n) is 3.36. The normalized spacial score (nSPS) is 10.4. The second-order valence-corrected chi connectivity index (χ2v) is 4.79. The van der Waals surface area contributed by atoms with E-state index < -0.39 is 0 Å². The summed E-state index contributed by atoms with van der Waals surface area (Å²) in [6.07, 6.45) is 1.85. The molecule has 0 atom stereocenters. The van der Waals surface area contributed by atoms with Gasteiger partial charge in [0.05, 0.1) is 12.8 Å². The van der Waals surface area contributed by atoms with E-state index in [0.29, 0.717) is 12.1 Å². The van der Waals surface area contributed by atoms with Crippen molar-refractivity contribution in [1.82, 2.24) is 15.1 Å². The van der Waals surface area contributed by atoms with Crippen LogP contribution < -0.4 is 10.6 Å². The van der Waals surface area contributed by atoms with Crippen LogP contribution in [0.4, 0.5) is 5.69 Å². The summed E-state index contributed by atoms with van der Waals surface area (Å²) in [7, 11) is 1.92. The fourth-order valence-electron chi connectivity index (χ4n) is 1.93. The van der Waals surface area contributed by atoms with Crippen LogP contribution in [-0.2, 0) is 13.6 Å². The first kappa shape index (κ1) is 15.1. The Bertz CT molecular complexity index is 605. The van der Waals surface area contributed by atoms with Crippen LogP contribution in [0.2, 0.25) is 0 Å². The van der Waals surface area contributed by atoms with Gasteiger partial charge in [-0.25, -0.2) is 0 Å². The van der Waals surface area contributed by atoms with Crippen LogP contribution in [0, 0.1) is 6.92 Å². The summed E-state index contributed by atoms with van der Waals surface area (Å²) in [6.45, 7) is 2.92. The van der Waals surface area contributed by atoms with E-state index in [9.17, 15) is 4.79 Å². The monoisotopic (exact) mass is 288 g/mol. The number of hydrogen-bond acceptors (Lipinski definition) is 4. The zero-order valence-electron chi connectivity index (χ0n) is 12.3. The molecule has 0 unspecified atom stereocenters. The highest BCUT2D eigenvalue weighted by Gasteiger charge is 2.05. The first-order chi connectivity index (χ1) is 10.1. The number of nitrogens with one attached hydrogen (secondary N) is 2. The third-order valence-corrected chi connectivity index (χ3v) is 3.36. The molecular weight excluding hydrogens is 268 g/mol. The van der Waals surface area contributed by atoms with Crippen LogP contribution >= 0.6 is 0 Å². The van der Waals surface area contributed by atoms with Gasteiger partial charge >= 0.3 is 0 Å². The summed E-state index contributed by atoms with van der Waals surface area (Å²) in [5.41, 5.74) is 3.79. The number of aromatic nitrogens is 2. The second-order valence-electron chi connectivity index (χ2n) is 4.79. The highest BCUT2D eigenvalue weighted by Crippen LogP contribution is 2.13. The minimum absolute atomic E-state index is 0.0597. The molecule has 0 spiro atoms. The molecule has 0 saturated heterocycles. The molecule has 0 aliphatic rings. The first-order valence-electron chi connectivity index (χ1n) is 6.82. The van der Waals surface area contributed by atoms with Crippen molar-refractivity contribution in [3.05, 3.63) is 47.3 Å². The van der Waals surface area contributed by atoms with Crippen molar-refractivity contribution in [3.63, 3.8) is 0 Å². The van der Waals surface area contributed by atoms with Crippen LogP contribution in [-0.4, -0.2) is 33.9 Å². The molecular formula is C15H20N4O2. The quantitative estimate of drug-likeness (QED) is 0.742. The molecule has 0 radical (unpaired) electrons. The lowest BCUT2D eigenvalue weighted by molar-refractivity contribution is 0.0945. The van der Waals surface area contributed by atoms with E-state index in [0.717, 1.165) is 16.9 Å². The molecule has 0 saturated carbocycles. The number of rotatable bonds is 6. The Morgan fingerprint density at radius 1 is 1.33 bits per heavy atom. The summed E-state index contributed by atoms with van der Waals surface area (Å²) in [5, 5.41) is 18.8. The Kier molecular flexibility index (Phi) is 4.94. The number of anilines is 1. The predicted molar refractivity (Wildman–Crippen MR) is 81.1 cm³/mol. The van der Waals surface area contributed by atoms with Crippen molar-refractivity contribution in [3.8, 4) is 0 Å². The molecule has 3 N–H and O–H groups in total. The van der Waals surface area contributed by atoms with E-state index >= 15 is 0 Å². The summed E-state index contributed by atoms with van der Waals surface area (Å²) < 4.78 is 1.84. The average Bonchev–Trinajstić information content (AvgIpc) is 2.83. The number of hydrogen-bond donors (Lipinski definition) is 3. The average molecular weight is 288 g/mol. The molecule has 1 heterocycles. The van der Waals surface area contributed by atoms with Gasteiger partial charge in [-0.1, -0.05) is 0 Å². The summed E-state index contributed by atoms with van der Waals surface area (Å²) in [4.78, 5) is 11.7. The lowest BCUT2D eigenvalue weighted by atomic mass is 10.2. The maximum absolute atomic E-state index is 11.7. The molecule has 0 aliphatic heterocycles. The molecule has 1 aromatic carbocycles. The van der Waals surface area contributed by atoms with Gasteiger partial charge < -0.3 is 15.7 Å². The van der Waals surface area contributed by atoms with Crippen molar-refractivity contribution in [2.75, 3.05) is 18.5 Å². The number of nitrogens with zero attached hydrogens (tertiary/aromatic N) is 2. The largest absolute Gasteiger partial charge is 0.395 e. The van der Waals surface area contributed by atoms with Crippen molar-refractivity contribution in [2.45, 2.75) is 13.5 Å². The fraction of sp³-hybridized carbons (Fsp3) is 0.333. The predicted octanol–water partition coefficient (Wildman–Crippen LogP) is 1.06. The molecule has 1 aromatic heterocycles. The van der Waals surface area contributed by atoms with Crippen LogP contribution in [0.15, 0.2) is 30.5 Å². The number of amides is 1. The molecule has 6 heteroatoms. The number of carbonyl (C=O) groups excluding carboxylic acids is 1. The van der Waals surface area contributed by atoms with Crippen molar-refractivity contribution < 1.29 is 9.90 Å². The fourth-order valence-corrected chi connectivity index (χ4v) is 1.93. The van der Waals surface area contributed by atoms with Gasteiger partial charge in [0, 0.05) is 42.6 Å². The number of aryl methyl sites for hydroxylation is 1. The molecule has 1 amide bonds. The summed E-state index contributed by atoms with van der Waals surface area (Å²) in [6, 6.07) is 7.23. The van der Waals surface area contributed by atoms with Gasteiger partial charge in [0.15, 0.2) is 0 Å². The standard InChI is InChI=1S/C15H20N4O2/c1-11-13(10-18-19(11)2)9-17-14-5-3-12(4-6-14)15(21)16-7-8-20/h3-6,10,17,20H,7-9H2,1-2H3,(H,16,21). The first-order valence-corrected chi connectivity index (χ1v) is 6.82. The number of carbonyl (C=O) groups is 1. The lowest BCUT2D eigenvalue weighted by Gasteiger charge is -2.08. The van der Waals surface area contributed by atoms with Crippen molar-refractivity contribution in [1.29, 1.82) is 0 Å². The smallest absolute Gasteiger partial charge is 0.251 e. The minimum atomic E-state index is -0.182. The SMILES string of the molecule is Cc1c(CNc2ccc(C(=O)NCCO)cc2)cnn1C. The van der Waals surface area contributed by atoms with E-state index in [-0.39, 0.29) is 19.1 Å². The van der Waals surface area contributed by atoms with Gasteiger partial charge in [-0.2, -0.15) is 5.10 Å². The maximum Gasteiger partial charge on any atom is 0.251 e. The maximum atomic E-state index is 11.7. The van der Waals surface area contributed by atoms with Gasteiger partial charge in [0.2, 0.25) is 0 Å². The van der Waals surface area contributed by atoms with E-state index in [4.69, 9.17) is 5.11 Å². The molecule has 0 bridgehead atoms. The molecule has 6 nitrogen and oxygen atoms in total. The number of aliphatic hydroxyl groups is 1. The summed E-state index contributed by atoms with van der Waals surface area (Å²) in [5.74, 6) is -0.182. The number of benzene rings is 1. The van der Waals surface area contributed by atoms with Gasteiger partial charge in [-0.3, -0.25) is 9.48 Å². The van der Waals surface area contributed by atoms with Crippen LogP contribution in [0.3, 0.4) is 0 Å². The van der Waals surface area contributed by atoms with Crippen molar-refractivity contribution in [2.24, 2.45) is 7.05 Å². The van der Waals surface area contributed by atoms with Crippen LogP contribution in [0.5, 0.6) is 0 Å². The Labute approximate surface area is 123 Å². The van der Waals surface area contributed by atoms with E-state index in [1.54, 1.807) is 12.1 Å². The van der Waals surface area contributed by atoms with Gasteiger partial charge in [-0.15, -0.1) is 0 Å². The van der Waals surface area contributed by atoms with Gasteiger partial charge in [-0.05, 0) is 31.2 Å². The van der Waals surface area contributed by atoms with Gasteiger partial charge in [0.25, 0.3) is 5.91 Å². The second kappa shape index (κ2) is 6.90. The Morgan fingerprint density at radius 3 is 2.62 bits per heavy atom. The van der Waals surface area contributed by atoms with E-state index in [1.807, 2.05) is 37.0 Å². The van der Waals surface area contributed by atoms with E-state index in [2.05, 4.69) is 15.7 Å². The molecule has 0 fully saturated rings. The molecule has 112 valence electrons. The highest BCUT2D eigenvalue weighted by atomic mass is 16.3. The Morgan fingerprint density at radius 2 is 2.05 bits per heavy atom. The molecule has 2 aromatic rings. The minimum Gasteiger partial charge on any atom is -0.395 e. The van der Waals surface area contributed by atoms with Crippen molar-refractivity contribution >= 4 is 11.6 Å². The lowest BCUT2D eigenvalue weighted by Crippen LogP contribution is -2.26.